The molecule has 0 bridgehead atoms. The number of aromatic amines is 1. The Bertz CT molecular complexity index is 1250. The molecule has 7 nitrogen and oxygen atoms in total. The Labute approximate surface area is 173 Å². The number of H-pyrrole nitrogens is 1. The molecule has 2 aromatic heterocycles. The number of para-hydroxylation sites is 2. The van der Waals surface area contributed by atoms with Crippen LogP contribution in [0, 0.1) is 0 Å². The van der Waals surface area contributed by atoms with Gasteiger partial charge >= 0.3 is 5.69 Å². The van der Waals surface area contributed by atoms with Gasteiger partial charge in [-0.1, -0.05) is 36.4 Å². The molecule has 0 radical (unpaired) electrons. The molecule has 5 rings (SSSR count). The van der Waals surface area contributed by atoms with Gasteiger partial charge in [0.05, 0.1) is 18.7 Å². The number of nitrogens with zero attached hydrogens (tertiary/aromatic N) is 3. The number of aromatic nitrogens is 4. The molecule has 2 aromatic carbocycles. The smallest absolute Gasteiger partial charge is 0.350 e. The summed E-state index contributed by atoms with van der Waals surface area (Å²) >= 11 is 0. The van der Waals surface area contributed by atoms with Gasteiger partial charge in [0, 0.05) is 29.6 Å². The summed E-state index contributed by atoms with van der Waals surface area (Å²) in [6, 6.07) is 17.5. The first kappa shape index (κ1) is 18.4. The third-order valence-electron chi connectivity index (χ3n) is 5.49. The van der Waals surface area contributed by atoms with E-state index in [0.717, 1.165) is 40.8 Å². The number of hydrogen-bond acceptors (Lipinski definition) is 3. The average molecular weight is 401 g/mol. The molecule has 1 aliphatic carbocycles. The molecular formula is C23H23N5O2. The summed E-state index contributed by atoms with van der Waals surface area (Å²) < 4.78 is 3.16. The van der Waals surface area contributed by atoms with Crippen LogP contribution in [-0.4, -0.2) is 31.8 Å². The Kier molecular flexibility index (Phi) is 4.71. The van der Waals surface area contributed by atoms with Crippen molar-refractivity contribution >= 4 is 16.8 Å². The monoisotopic (exact) mass is 401 g/mol. The molecule has 1 aliphatic rings. The number of amides is 1. The van der Waals surface area contributed by atoms with Crippen LogP contribution in [0.5, 0.6) is 0 Å². The molecule has 4 aromatic rings. The second-order valence-electron chi connectivity index (χ2n) is 7.70. The third-order valence-corrected chi connectivity index (χ3v) is 5.49. The molecular weight excluding hydrogens is 378 g/mol. The number of nitrogens with one attached hydrogen (secondary N) is 2. The molecule has 7 heteroatoms. The van der Waals surface area contributed by atoms with Gasteiger partial charge in [0.25, 0.3) is 0 Å². The molecule has 0 unspecified atom stereocenters. The fraction of sp³-hybridized carbons (Fsp3) is 0.261. The van der Waals surface area contributed by atoms with Crippen LogP contribution in [0.1, 0.15) is 30.1 Å². The van der Waals surface area contributed by atoms with Crippen LogP contribution >= 0.6 is 0 Å². The van der Waals surface area contributed by atoms with Gasteiger partial charge in [0.1, 0.15) is 5.82 Å². The van der Waals surface area contributed by atoms with Crippen LogP contribution in [0.15, 0.2) is 65.6 Å². The first-order chi connectivity index (χ1) is 14.7. The minimum Gasteiger partial charge on any atom is -0.361 e. The first-order valence-corrected chi connectivity index (χ1v) is 10.3. The normalized spacial score (nSPS) is 13.6. The van der Waals surface area contributed by atoms with E-state index in [9.17, 15) is 9.59 Å². The van der Waals surface area contributed by atoms with Crippen LogP contribution in [0.3, 0.4) is 0 Å². The zero-order chi connectivity index (χ0) is 20.5. The highest BCUT2D eigenvalue weighted by Crippen LogP contribution is 2.39. The fourth-order valence-electron chi connectivity index (χ4n) is 3.81. The molecule has 1 amide bonds. The van der Waals surface area contributed by atoms with Gasteiger partial charge in [-0.2, -0.15) is 5.10 Å². The van der Waals surface area contributed by atoms with Crippen LogP contribution in [0.2, 0.25) is 0 Å². The lowest BCUT2D eigenvalue weighted by Gasteiger charge is -2.05. The maximum Gasteiger partial charge on any atom is 0.350 e. The van der Waals surface area contributed by atoms with Crippen molar-refractivity contribution in [3.05, 3.63) is 82.7 Å². The highest BCUT2D eigenvalue weighted by Gasteiger charge is 2.31. The Balaban J connectivity index is 1.27. The molecule has 2 N–H and O–H groups in total. The first-order valence-electron chi connectivity index (χ1n) is 10.3. The van der Waals surface area contributed by atoms with E-state index in [2.05, 4.69) is 15.4 Å². The second-order valence-corrected chi connectivity index (χ2v) is 7.70. The fourth-order valence-corrected chi connectivity index (χ4v) is 3.81. The van der Waals surface area contributed by atoms with Crippen molar-refractivity contribution in [2.75, 3.05) is 6.54 Å². The summed E-state index contributed by atoms with van der Waals surface area (Å²) in [5.41, 5.74) is 2.66. The van der Waals surface area contributed by atoms with Gasteiger partial charge in [-0.25, -0.2) is 14.0 Å². The van der Waals surface area contributed by atoms with E-state index in [-0.39, 0.29) is 11.6 Å². The summed E-state index contributed by atoms with van der Waals surface area (Å²) in [6.45, 7) is 0.703. The third kappa shape index (κ3) is 3.54. The van der Waals surface area contributed by atoms with Crippen molar-refractivity contribution in [1.29, 1.82) is 0 Å². The lowest BCUT2D eigenvalue weighted by molar-refractivity contribution is -0.120. The van der Waals surface area contributed by atoms with Crippen LogP contribution in [-0.2, 0) is 17.8 Å². The molecule has 152 valence electrons. The Morgan fingerprint density at radius 1 is 1.10 bits per heavy atom. The zero-order valence-corrected chi connectivity index (χ0v) is 16.5. The number of carbonyl (C=O) groups excluding carboxylic acids is 1. The van der Waals surface area contributed by atoms with E-state index in [1.165, 1.54) is 4.68 Å². The van der Waals surface area contributed by atoms with Gasteiger partial charge in [-0.05, 0) is 36.6 Å². The summed E-state index contributed by atoms with van der Waals surface area (Å²) in [6.07, 6.45) is 4.29. The van der Waals surface area contributed by atoms with Crippen molar-refractivity contribution < 1.29 is 4.79 Å². The number of benzene rings is 2. The number of rotatable bonds is 7. The van der Waals surface area contributed by atoms with E-state index >= 15 is 0 Å². The molecule has 30 heavy (non-hydrogen) atoms. The van der Waals surface area contributed by atoms with Crippen molar-refractivity contribution in [1.82, 2.24) is 24.6 Å². The van der Waals surface area contributed by atoms with Crippen molar-refractivity contribution in [2.45, 2.75) is 31.7 Å². The number of carbonyl (C=O) groups is 1. The quantitative estimate of drug-likeness (QED) is 0.499. The maximum absolute atomic E-state index is 12.9. The van der Waals surface area contributed by atoms with E-state index in [4.69, 9.17) is 0 Å². The Hall–Kier alpha value is -3.61. The minimum atomic E-state index is -0.158. The summed E-state index contributed by atoms with van der Waals surface area (Å²) in [4.78, 5) is 28.5. The molecule has 0 aliphatic heterocycles. The topological polar surface area (TPSA) is 84.7 Å². The van der Waals surface area contributed by atoms with Gasteiger partial charge < -0.3 is 10.3 Å². The van der Waals surface area contributed by atoms with Gasteiger partial charge in [0.2, 0.25) is 5.91 Å². The highest BCUT2D eigenvalue weighted by atomic mass is 16.2. The standard InChI is InChI=1S/C23H23N5O2/c29-21(14-17-15-25-20-9-5-4-8-19(17)20)24-12-13-27-23(30)28(18-6-2-1-3-7-18)22(26-27)16-10-11-16/h1-9,15-16,25H,10-14H2,(H,24,29). The Morgan fingerprint density at radius 2 is 1.87 bits per heavy atom. The maximum atomic E-state index is 12.9. The van der Waals surface area contributed by atoms with Crippen molar-refractivity contribution in [3.63, 3.8) is 0 Å². The van der Waals surface area contributed by atoms with Crippen LogP contribution in [0.4, 0.5) is 0 Å². The zero-order valence-electron chi connectivity index (χ0n) is 16.5. The molecule has 1 fully saturated rings. The molecule has 0 atom stereocenters. The van der Waals surface area contributed by atoms with Crippen molar-refractivity contribution in [2.24, 2.45) is 0 Å². The minimum absolute atomic E-state index is 0.0716. The van der Waals surface area contributed by atoms with E-state index < -0.39 is 0 Å². The molecule has 2 heterocycles. The second kappa shape index (κ2) is 7.67. The lowest BCUT2D eigenvalue weighted by atomic mass is 10.1. The van der Waals surface area contributed by atoms with Crippen molar-refractivity contribution in [3.8, 4) is 5.69 Å². The largest absolute Gasteiger partial charge is 0.361 e. The average Bonchev–Trinajstić information content (AvgIpc) is 3.46. The number of fused-ring (bicyclic) bond motifs is 1. The van der Waals surface area contributed by atoms with E-state index in [0.29, 0.717) is 25.4 Å². The van der Waals surface area contributed by atoms with Gasteiger partial charge in [-0.3, -0.25) is 4.79 Å². The summed E-state index contributed by atoms with van der Waals surface area (Å²) in [5.74, 6) is 1.09. The number of hydrogen-bond donors (Lipinski definition) is 2. The predicted molar refractivity (Wildman–Crippen MR) is 115 cm³/mol. The summed E-state index contributed by atoms with van der Waals surface area (Å²) in [7, 11) is 0. The lowest BCUT2D eigenvalue weighted by Crippen LogP contribution is -2.32. The summed E-state index contributed by atoms with van der Waals surface area (Å²) in [5, 5.41) is 8.54. The molecule has 0 spiro atoms. The highest BCUT2D eigenvalue weighted by molar-refractivity contribution is 5.88. The van der Waals surface area contributed by atoms with Gasteiger partial charge in [-0.15, -0.1) is 0 Å². The predicted octanol–water partition coefficient (Wildman–Crippen LogP) is 2.75. The molecule has 1 saturated carbocycles. The Morgan fingerprint density at radius 3 is 2.67 bits per heavy atom. The van der Waals surface area contributed by atoms with Crippen LogP contribution < -0.4 is 11.0 Å². The van der Waals surface area contributed by atoms with E-state index in [1.54, 1.807) is 4.57 Å². The van der Waals surface area contributed by atoms with Crippen LogP contribution in [0.25, 0.3) is 16.6 Å². The van der Waals surface area contributed by atoms with E-state index in [1.807, 2.05) is 60.8 Å². The SMILES string of the molecule is O=C(Cc1c[nH]c2ccccc12)NCCn1nc(C2CC2)n(-c2ccccc2)c1=O. The molecule has 0 saturated heterocycles. The van der Waals surface area contributed by atoms with Gasteiger partial charge in [0.15, 0.2) is 0 Å².